The third-order valence-corrected chi connectivity index (χ3v) is 9.79. The lowest BCUT2D eigenvalue weighted by Gasteiger charge is -2.25. The summed E-state index contributed by atoms with van der Waals surface area (Å²) in [5.74, 6) is 0.281. The highest BCUT2D eigenvalue weighted by atomic mass is 16.3. The summed E-state index contributed by atoms with van der Waals surface area (Å²) in [5, 5.41) is 5.95. The summed E-state index contributed by atoms with van der Waals surface area (Å²) < 4.78 is 11.1. The fraction of sp³-hybridized carbons (Fsp3) is 0.0714. The highest BCUT2D eigenvalue weighted by molar-refractivity contribution is 6.11. The monoisotopic (exact) mass is 591 g/mol. The number of hydrogen-bond donors (Lipinski definition) is 0. The molecule has 0 saturated heterocycles. The van der Waals surface area contributed by atoms with Gasteiger partial charge < -0.3 is 13.6 Å². The van der Waals surface area contributed by atoms with Crippen LogP contribution in [0.2, 0.25) is 0 Å². The van der Waals surface area contributed by atoms with Crippen LogP contribution < -0.4 is 0 Å². The number of fused-ring (bicyclic) bond motifs is 9. The van der Waals surface area contributed by atoms with Crippen molar-refractivity contribution in [3.63, 3.8) is 0 Å². The first-order valence-electron chi connectivity index (χ1n) is 15.9. The number of nitrogens with zero attached hydrogens (tertiary/aromatic N) is 3. The largest absolute Gasteiger partial charge is 0.438 e. The Morgan fingerprint density at radius 1 is 0.609 bits per heavy atom. The van der Waals surface area contributed by atoms with Gasteiger partial charge in [-0.05, 0) is 60.0 Å². The summed E-state index contributed by atoms with van der Waals surface area (Å²) in [6.07, 6.45) is 5.32. The van der Waals surface area contributed by atoms with E-state index >= 15 is 0 Å². The molecule has 5 aromatic carbocycles. The maximum atomic E-state index is 6.23. The predicted octanol–water partition coefficient (Wildman–Crippen LogP) is 11.2. The van der Waals surface area contributed by atoms with Crippen LogP contribution in [0, 0.1) is 0 Å². The third kappa shape index (κ3) is 3.58. The SMILES string of the molecule is CC1CC(n2c3ccccc3c3ccccc32)=Cc2c1n(-c1cnc3oc4ccc(-c5ccccc5)cc4c3c1)c1ccccc21. The Hall–Kier alpha value is -5.87. The Balaban J connectivity index is 1.20. The fourth-order valence-corrected chi connectivity index (χ4v) is 7.81. The zero-order valence-electron chi connectivity index (χ0n) is 25.3. The van der Waals surface area contributed by atoms with Gasteiger partial charge in [0.2, 0.25) is 5.71 Å². The zero-order chi connectivity index (χ0) is 30.4. The van der Waals surface area contributed by atoms with E-state index in [-0.39, 0.29) is 5.92 Å². The van der Waals surface area contributed by atoms with Crippen LogP contribution in [-0.2, 0) is 0 Å². The second-order valence-corrected chi connectivity index (χ2v) is 12.5. The van der Waals surface area contributed by atoms with Gasteiger partial charge in [0, 0.05) is 44.4 Å². The average Bonchev–Trinajstić information content (AvgIpc) is 3.76. The maximum Gasteiger partial charge on any atom is 0.227 e. The van der Waals surface area contributed by atoms with Gasteiger partial charge in [-0.1, -0.05) is 97.9 Å². The van der Waals surface area contributed by atoms with E-state index in [0.29, 0.717) is 5.71 Å². The summed E-state index contributed by atoms with van der Waals surface area (Å²) in [6, 6.07) is 45.5. The number of furan rings is 1. The Bertz CT molecular complexity index is 2630. The van der Waals surface area contributed by atoms with Crippen LogP contribution in [0.25, 0.3) is 83.4 Å². The maximum absolute atomic E-state index is 6.23. The topological polar surface area (TPSA) is 35.9 Å². The van der Waals surface area contributed by atoms with E-state index in [4.69, 9.17) is 9.40 Å². The van der Waals surface area contributed by atoms with E-state index in [1.54, 1.807) is 0 Å². The Kier molecular flexibility index (Phi) is 5.29. The van der Waals surface area contributed by atoms with Crippen LogP contribution in [0.5, 0.6) is 0 Å². The van der Waals surface area contributed by atoms with E-state index in [2.05, 4.69) is 150 Å². The summed E-state index contributed by atoms with van der Waals surface area (Å²) in [4.78, 5) is 4.87. The van der Waals surface area contributed by atoms with Gasteiger partial charge in [0.1, 0.15) is 5.58 Å². The molecule has 4 nitrogen and oxygen atoms in total. The number of rotatable bonds is 3. The van der Waals surface area contributed by atoms with Crippen molar-refractivity contribution in [1.29, 1.82) is 0 Å². The van der Waals surface area contributed by atoms with E-state index in [9.17, 15) is 0 Å². The van der Waals surface area contributed by atoms with Gasteiger partial charge in [0.15, 0.2) is 0 Å². The second kappa shape index (κ2) is 9.56. The van der Waals surface area contributed by atoms with E-state index < -0.39 is 0 Å². The quantitative estimate of drug-likeness (QED) is 0.205. The van der Waals surface area contributed by atoms with E-state index in [0.717, 1.165) is 28.5 Å². The molecule has 1 unspecified atom stereocenters. The fourth-order valence-electron chi connectivity index (χ4n) is 7.81. The molecule has 0 radical (unpaired) electrons. The number of para-hydroxylation sites is 3. The van der Waals surface area contributed by atoms with Crippen molar-refractivity contribution in [3.05, 3.63) is 145 Å². The number of benzene rings is 5. The van der Waals surface area contributed by atoms with Gasteiger partial charge in [-0.2, -0.15) is 0 Å². The van der Waals surface area contributed by atoms with Gasteiger partial charge >= 0.3 is 0 Å². The number of hydrogen-bond acceptors (Lipinski definition) is 2. The first-order valence-corrected chi connectivity index (χ1v) is 15.9. The van der Waals surface area contributed by atoms with Crippen molar-refractivity contribution in [1.82, 2.24) is 14.1 Å². The lowest BCUT2D eigenvalue weighted by atomic mass is 9.90. The van der Waals surface area contributed by atoms with Gasteiger partial charge in [0.25, 0.3) is 0 Å². The lowest BCUT2D eigenvalue weighted by molar-refractivity contribution is 0.653. The summed E-state index contributed by atoms with van der Waals surface area (Å²) >= 11 is 0. The average molecular weight is 592 g/mol. The standard InChI is InChI=1S/C42H29N3O/c1-26-21-29(44-37-16-8-5-13-31(37)32-14-6-9-17-38(32)44)23-35-33-15-7-10-18-39(33)45(41(26)35)30-24-36-34-22-28(27-11-3-2-4-12-27)19-20-40(34)46-42(36)43-25-30/h2-20,22-26H,21H2,1H3. The molecular weight excluding hydrogens is 562 g/mol. The van der Waals surface area contributed by atoms with Crippen molar-refractivity contribution in [2.45, 2.75) is 19.3 Å². The van der Waals surface area contributed by atoms with Crippen LogP contribution in [0.1, 0.15) is 30.5 Å². The van der Waals surface area contributed by atoms with Crippen molar-refractivity contribution in [2.24, 2.45) is 0 Å². The zero-order valence-corrected chi connectivity index (χ0v) is 25.3. The number of pyridine rings is 1. The Labute approximate surface area is 265 Å². The molecule has 1 atom stereocenters. The molecular formula is C42H29N3O. The molecule has 4 heterocycles. The highest BCUT2D eigenvalue weighted by Crippen LogP contribution is 2.45. The van der Waals surface area contributed by atoms with E-state index in [1.165, 1.54) is 60.8 Å². The normalized spacial score (nSPS) is 14.9. The van der Waals surface area contributed by atoms with Crippen LogP contribution in [0.15, 0.2) is 138 Å². The first-order chi connectivity index (χ1) is 22.7. The first kappa shape index (κ1) is 25.5. The van der Waals surface area contributed by atoms with Crippen LogP contribution >= 0.6 is 0 Å². The molecule has 0 aliphatic heterocycles. The van der Waals surface area contributed by atoms with Crippen molar-refractivity contribution in [3.8, 4) is 16.8 Å². The van der Waals surface area contributed by atoms with Crippen LogP contribution in [0.3, 0.4) is 0 Å². The molecule has 1 aliphatic carbocycles. The van der Waals surface area contributed by atoms with Gasteiger partial charge in [-0.3, -0.25) is 0 Å². The molecule has 46 heavy (non-hydrogen) atoms. The molecule has 1 aliphatic rings. The molecule has 4 aromatic heterocycles. The minimum absolute atomic E-state index is 0.281. The molecule has 9 aromatic rings. The Morgan fingerprint density at radius 2 is 1.26 bits per heavy atom. The molecule has 0 spiro atoms. The predicted molar refractivity (Wildman–Crippen MR) is 190 cm³/mol. The summed E-state index contributed by atoms with van der Waals surface area (Å²) in [6.45, 7) is 2.36. The minimum atomic E-state index is 0.281. The Morgan fingerprint density at radius 3 is 2.00 bits per heavy atom. The lowest BCUT2D eigenvalue weighted by Crippen LogP contribution is -2.12. The van der Waals surface area contributed by atoms with E-state index in [1.807, 2.05) is 6.20 Å². The summed E-state index contributed by atoms with van der Waals surface area (Å²) in [7, 11) is 0. The molecule has 218 valence electrons. The number of aromatic nitrogens is 3. The number of allylic oxidation sites excluding steroid dienone is 1. The van der Waals surface area contributed by atoms with Crippen molar-refractivity contribution >= 4 is 66.6 Å². The molecule has 0 saturated carbocycles. The van der Waals surface area contributed by atoms with Crippen molar-refractivity contribution < 1.29 is 4.42 Å². The molecule has 0 bridgehead atoms. The van der Waals surface area contributed by atoms with Gasteiger partial charge in [-0.15, -0.1) is 0 Å². The third-order valence-electron chi connectivity index (χ3n) is 9.79. The summed E-state index contributed by atoms with van der Waals surface area (Å²) in [5.41, 5.74) is 12.6. The van der Waals surface area contributed by atoms with Crippen molar-refractivity contribution in [2.75, 3.05) is 0 Å². The smallest absolute Gasteiger partial charge is 0.227 e. The van der Waals surface area contributed by atoms with Crippen LogP contribution in [-0.4, -0.2) is 14.1 Å². The van der Waals surface area contributed by atoms with Gasteiger partial charge in [0.05, 0.1) is 33.8 Å². The molecule has 0 fully saturated rings. The molecule has 4 heteroatoms. The molecule has 0 amide bonds. The second-order valence-electron chi connectivity index (χ2n) is 12.5. The highest BCUT2D eigenvalue weighted by Gasteiger charge is 2.28. The minimum Gasteiger partial charge on any atom is -0.438 e. The molecule has 0 N–H and O–H groups in total. The molecule has 10 rings (SSSR count). The van der Waals surface area contributed by atoms with Gasteiger partial charge in [-0.25, -0.2) is 4.98 Å². The van der Waals surface area contributed by atoms with Crippen LogP contribution in [0.4, 0.5) is 0 Å².